The largest absolute Gasteiger partial charge is 0.468 e. The van der Waals surface area contributed by atoms with E-state index in [1.165, 1.54) is 48.1 Å². The van der Waals surface area contributed by atoms with Crippen LogP contribution in [0.4, 0.5) is 10.1 Å². The van der Waals surface area contributed by atoms with Crippen LogP contribution in [0.3, 0.4) is 0 Å². The number of fused-ring (bicyclic) bond motifs is 1. The maximum atomic E-state index is 13.3. The number of rotatable bonds is 4. The Morgan fingerprint density at radius 1 is 1.30 bits per heavy atom. The minimum absolute atomic E-state index is 0.0445. The van der Waals surface area contributed by atoms with Crippen LogP contribution >= 0.6 is 11.3 Å². The Morgan fingerprint density at radius 3 is 2.74 bits per heavy atom. The lowest BCUT2D eigenvalue weighted by atomic mass is 10.2. The first-order valence-corrected chi connectivity index (χ1v) is 8.40. The van der Waals surface area contributed by atoms with Crippen molar-refractivity contribution in [1.82, 2.24) is 4.57 Å². The van der Waals surface area contributed by atoms with E-state index in [9.17, 15) is 24.1 Å². The number of methoxy groups -OCH3 is 1. The minimum Gasteiger partial charge on any atom is -0.468 e. The highest BCUT2D eigenvalue weighted by molar-refractivity contribution is 7.16. The fourth-order valence-electron chi connectivity index (χ4n) is 2.38. The number of nitrogens with zero attached hydrogens (tertiary/aromatic N) is 3. The first kappa shape index (κ1) is 18.4. The lowest BCUT2D eigenvalue weighted by Gasteiger charge is -2.03. The van der Waals surface area contributed by atoms with E-state index in [4.69, 9.17) is 0 Å². The predicted octanol–water partition coefficient (Wildman–Crippen LogP) is 2.66. The van der Waals surface area contributed by atoms with Gasteiger partial charge in [0.05, 0.1) is 22.2 Å². The van der Waals surface area contributed by atoms with Gasteiger partial charge in [-0.05, 0) is 24.3 Å². The van der Waals surface area contributed by atoms with Gasteiger partial charge in [-0.2, -0.15) is 4.99 Å². The van der Waals surface area contributed by atoms with Crippen LogP contribution in [0.15, 0.2) is 47.5 Å². The predicted molar refractivity (Wildman–Crippen MR) is 94.8 cm³/mol. The van der Waals surface area contributed by atoms with E-state index in [1.807, 2.05) is 0 Å². The highest BCUT2D eigenvalue weighted by Crippen LogP contribution is 2.23. The molecule has 0 aliphatic carbocycles. The number of halogens is 1. The summed E-state index contributed by atoms with van der Waals surface area (Å²) in [7, 11) is 1.22. The molecule has 0 saturated carbocycles. The lowest BCUT2D eigenvalue weighted by molar-refractivity contribution is -0.384. The van der Waals surface area contributed by atoms with Crippen LogP contribution in [-0.2, 0) is 16.1 Å². The van der Waals surface area contributed by atoms with Gasteiger partial charge in [-0.25, -0.2) is 4.39 Å². The zero-order valence-corrected chi connectivity index (χ0v) is 14.7. The molecule has 1 heterocycles. The maximum Gasteiger partial charge on any atom is 0.325 e. The SMILES string of the molecule is COC(=O)Cn1c(=NC(=O)c2cccc(F)c2)sc2cc([N+](=O)[O-])ccc21. The number of nitro benzene ring substituents is 1. The fourth-order valence-corrected chi connectivity index (χ4v) is 3.44. The van der Waals surface area contributed by atoms with Crippen molar-refractivity contribution in [3.8, 4) is 0 Å². The van der Waals surface area contributed by atoms with Gasteiger partial charge in [0.25, 0.3) is 11.6 Å². The number of aromatic nitrogens is 1. The summed E-state index contributed by atoms with van der Waals surface area (Å²) in [6, 6.07) is 9.15. The third kappa shape index (κ3) is 3.90. The summed E-state index contributed by atoms with van der Waals surface area (Å²) >= 11 is 1.00. The number of hydrogen-bond acceptors (Lipinski definition) is 6. The highest BCUT2D eigenvalue weighted by Gasteiger charge is 2.15. The Hall–Kier alpha value is -3.40. The van der Waals surface area contributed by atoms with Crippen LogP contribution in [0, 0.1) is 15.9 Å². The van der Waals surface area contributed by atoms with Gasteiger partial charge in [0, 0.05) is 17.7 Å². The van der Waals surface area contributed by atoms with Crippen molar-refractivity contribution in [1.29, 1.82) is 0 Å². The molecule has 0 atom stereocenters. The molecule has 8 nitrogen and oxygen atoms in total. The van der Waals surface area contributed by atoms with Crippen LogP contribution < -0.4 is 4.80 Å². The summed E-state index contributed by atoms with van der Waals surface area (Å²) in [6.07, 6.45) is 0. The van der Waals surface area contributed by atoms with Crippen molar-refractivity contribution in [2.24, 2.45) is 4.99 Å². The number of amides is 1. The van der Waals surface area contributed by atoms with E-state index in [1.54, 1.807) is 0 Å². The van der Waals surface area contributed by atoms with Crippen molar-refractivity contribution in [3.63, 3.8) is 0 Å². The van der Waals surface area contributed by atoms with E-state index < -0.39 is 22.6 Å². The minimum atomic E-state index is -0.700. The van der Waals surface area contributed by atoms with Gasteiger partial charge >= 0.3 is 5.97 Å². The van der Waals surface area contributed by atoms with Gasteiger partial charge in [-0.15, -0.1) is 0 Å². The van der Waals surface area contributed by atoms with Crippen molar-refractivity contribution < 1.29 is 23.6 Å². The number of carbonyl (C=O) groups excluding carboxylic acids is 2. The topological polar surface area (TPSA) is 104 Å². The van der Waals surface area contributed by atoms with Crippen molar-refractivity contribution in [2.45, 2.75) is 6.54 Å². The molecule has 0 radical (unpaired) electrons. The third-order valence-electron chi connectivity index (χ3n) is 3.66. The van der Waals surface area contributed by atoms with Gasteiger partial charge in [0.15, 0.2) is 4.80 Å². The maximum absolute atomic E-state index is 13.3. The van der Waals surface area contributed by atoms with E-state index in [-0.39, 0.29) is 22.6 Å². The van der Waals surface area contributed by atoms with Crippen LogP contribution in [0.1, 0.15) is 10.4 Å². The van der Waals surface area contributed by atoms with Crippen LogP contribution in [0.5, 0.6) is 0 Å². The molecule has 2 aromatic carbocycles. The summed E-state index contributed by atoms with van der Waals surface area (Å²) in [4.78, 5) is 38.6. The third-order valence-corrected chi connectivity index (χ3v) is 4.70. The molecule has 0 fully saturated rings. The monoisotopic (exact) mass is 389 g/mol. The van der Waals surface area contributed by atoms with E-state index in [0.29, 0.717) is 10.2 Å². The van der Waals surface area contributed by atoms with Gasteiger partial charge < -0.3 is 9.30 Å². The molecule has 0 N–H and O–H groups in total. The van der Waals surface area contributed by atoms with Gasteiger partial charge in [0.1, 0.15) is 12.4 Å². The summed E-state index contributed by atoms with van der Waals surface area (Å²) in [6.45, 7) is -0.233. The van der Waals surface area contributed by atoms with Crippen LogP contribution in [0.2, 0.25) is 0 Å². The van der Waals surface area contributed by atoms with Gasteiger partial charge in [0.2, 0.25) is 0 Å². The molecule has 138 valence electrons. The molecule has 0 saturated heterocycles. The Kier molecular flexibility index (Phi) is 5.08. The second-order valence-corrected chi connectivity index (χ2v) is 6.39. The molecule has 0 unspecified atom stereocenters. The average molecular weight is 389 g/mol. The Bertz CT molecular complexity index is 1140. The molecule has 0 aliphatic rings. The Balaban J connectivity index is 2.17. The standard InChI is InChI=1S/C17H12FN3O5S/c1-26-15(22)9-20-13-6-5-12(21(24)25)8-14(13)27-17(20)19-16(23)10-3-2-4-11(18)7-10/h2-8H,9H2,1H3. The Morgan fingerprint density at radius 2 is 2.07 bits per heavy atom. The number of benzene rings is 2. The van der Waals surface area contributed by atoms with Crippen molar-refractivity contribution in [2.75, 3.05) is 7.11 Å². The normalized spacial score (nSPS) is 11.6. The molecule has 0 bridgehead atoms. The number of hydrogen-bond donors (Lipinski definition) is 0. The number of non-ortho nitro benzene ring substituents is 1. The molecule has 27 heavy (non-hydrogen) atoms. The quantitative estimate of drug-likeness (QED) is 0.388. The van der Waals surface area contributed by atoms with Gasteiger partial charge in [-0.3, -0.25) is 19.7 Å². The fraction of sp³-hybridized carbons (Fsp3) is 0.118. The number of esters is 1. The summed E-state index contributed by atoms with van der Waals surface area (Å²) in [5.74, 6) is -1.85. The zero-order valence-electron chi connectivity index (χ0n) is 13.9. The van der Waals surface area contributed by atoms with Crippen LogP contribution in [-0.4, -0.2) is 28.5 Å². The smallest absolute Gasteiger partial charge is 0.325 e. The number of thiazole rings is 1. The summed E-state index contributed by atoms with van der Waals surface area (Å²) in [5, 5.41) is 11.0. The van der Waals surface area contributed by atoms with Crippen molar-refractivity contribution >= 4 is 39.1 Å². The highest BCUT2D eigenvalue weighted by atomic mass is 32.1. The summed E-state index contributed by atoms with van der Waals surface area (Å²) in [5.41, 5.74) is 0.404. The molecule has 10 heteroatoms. The molecule has 1 aromatic heterocycles. The molecule has 0 aliphatic heterocycles. The second kappa shape index (κ2) is 7.46. The molecule has 3 aromatic rings. The lowest BCUT2D eigenvalue weighted by Crippen LogP contribution is -2.22. The van der Waals surface area contributed by atoms with Gasteiger partial charge in [-0.1, -0.05) is 17.4 Å². The molecular formula is C17H12FN3O5S. The van der Waals surface area contributed by atoms with E-state index in [2.05, 4.69) is 9.73 Å². The first-order chi connectivity index (χ1) is 12.9. The average Bonchev–Trinajstić information content (AvgIpc) is 2.97. The van der Waals surface area contributed by atoms with E-state index >= 15 is 0 Å². The zero-order chi connectivity index (χ0) is 19.6. The molecular weight excluding hydrogens is 377 g/mol. The van der Waals surface area contributed by atoms with E-state index in [0.717, 1.165) is 17.4 Å². The van der Waals surface area contributed by atoms with Crippen molar-refractivity contribution in [3.05, 3.63) is 68.8 Å². The van der Waals surface area contributed by atoms with Crippen LogP contribution in [0.25, 0.3) is 10.2 Å². The molecule has 1 amide bonds. The first-order valence-electron chi connectivity index (χ1n) is 7.58. The second-order valence-electron chi connectivity index (χ2n) is 5.38. The molecule has 0 spiro atoms. The number of ether oxygens (including phenoxy) is 1. The Labute approximate surface area is 155 Å². The number of carbonyl (C=O) groups is 2. The summed E-state index contributed by atoms with van der Waals surface area (Å²) < 4.78 is 19.9. The number of nitro groups is 1. The molecule has 3 rings (SSSR count).